The molecule has 0 radical (unpaired) electrons. The Hall–Kier alpha value is -3.49. The lowest BCUT2D eigenvalue weighted by molar-refractivity contribution is -0.174. The number of carbonyl (C=O) groups excluding carboxylic acids is 3. The first kappa shape index (κ1) is 37.5. The van der Waals surface area contributed by atoms with Crippen molar-refractivity contribution in [2.75, 3.05) is 13.7 Å². The van der Waals surface area contributed by atoms with Gasteiger partial charge in [-0.1, -0.05) is 50.2 Å². The topological polar surface area (TPSA) is 143 Å². The van der Waals surface area contributed by atoms with Crippen LogP contribution in [-0.2, 0) is 25.5 Å². The van der Waals surface area contributed by atoms with Crippen molar-refractivity contribution in [3.63, 3.8) is 0 Å². The van der Waals surface area contributed by atoms with Crippen LogP contribution in [0.5, 0.6) is 0 Å². The number of allylic oxidation sites excluding steroid dienone is 2. The zero-order chi connectivity index (χ0) is 33.1. The Kier molecular flexibility index (Phi) is 14.3. The SMILES string of the molecule is C=C(/C=C\C(=C/C)OC)[C@H](NC(=O)[C@@H](N)Cc1cccc(Cl)c1)C(=O)N[C@@H](C(C)C)[C@@H](O)C(F)(F)C(=O)NCC(F)(F)F. The molecule has 1 rings (SSSR count). The maximum Gasteiger partial charge on any atom is 0.405 e. The van der Waals surface area contributed by atoms with E-state index in [0.717, 1.165) is 5.32 Å². The minimum Gasteiger partial charge on any atom is -0.497 e. The summed E-state index contributed by atoms with van der Waals surface area (Å²) in [6.07, 6.45) is -3.61. The van der Waals surface area contributed by atoms with Gasteiger partial charge in [-0.15, -0.1) is 0 Å². The van der Waals surface area contributed by atoms with E-state index in [1.807, 2.05) is 0 Å². The summed E-state index contributed by atoms with van der Waals surface area (Å²) in [6, 6.07) is 1.86. The van der Waals surface area contributed by atoms with Crippen LogP contribution in [-0.4, -0.2) is 72.8 Å². The maximum absolute atomic E-state index is 14.7. The number of rotatable bonds is 15. The summed E-state index contributed by atoms with van der Waals surface area (Å²) in [6.45, 7) is 6.00. The van der Waals surface area contributed by atoms with E-state index in [2.05, 4.69) is 17.2 Å². The van der Waals surface area contributed by atoms with Crippen LogP contribution < -0.4 is 21.7 Å². The highest BCUT2D eigenvalue weighted by molar-refractivity contribution is 6.30. The molecule has 43 heavy (non-hydrogen) atoms. The van der Waals surface area contributed by atoms with Crippen molar-refractivity contribution < 1.29 is 46.2 Å². The highest BCUT2D eigenvalue weighted by Gasteiger charge is 2.52. The lowest BCUT2D eigenvalue weighted by Crippen LogP contribution is -2.62. The third-order valence-corrected chi connectivity index (χ3v) is 6.31. The quantitative estimate of drug-likeness (QED) is 0.114. The predicted molar refractivity (Wildman–Crippen MR) is 151 cm³/mol. The molecular formula is C28H36ClF5N4O5. The molecule has 0 unspecified atom stereocenters. The van der Waals surface area contributed by atoms with Crippen LogP contribution in [0.2, 0.25) is 5.02 Å². The van der Waals surface area contributed by atoms with Gasteiger partial charge in [-0.3, -0.25) is 14.4 Å². The molecule has 0 aliphatic carbocycles. The average Bonchev–Trinajstić information content (AvgIpc) is 2.92. The number of aliphatic hydroxyl groups is 1. The van der Waals surface area contributed by atoms with Crippen molar-refractivity contribution in [2.24, 2.45) is 11.7 Å². The van der Waals surface area contributed by atoms with Gasteiger partial charge in [-0.05, 0) is 54.7 Å². The Morgan fingerprint density at radius 1 is 1.12 bits per heavy atom. The predicted octanol–water partition coefficient (Wildman–Crippen LogP) is 3.17. The number of hydrogen-bond donors (Lipinski definition) is 5. The number of benzene rings is 1. The Labute approximate surface area is 251 Å². The Balaban J connectivity index is 3.27. The van der Waals surface area contributed by atoms with Crippen LogP contribution in [0.25, 0.3) is 0 Å². The summed E-state index contributed by atoms with van der Waals surface area (Å²) in [4.78, 5) is 38.2. The van der Waals surface area contributed by atoms with Gasteiger partial charge in [0.25, 0.3) is 5.91 Å². The van der Waals surface area contributed by atoms with Crippen LogP contribution in [0.15, 0.2) is 60.4 Å². The Morgan fingerprint density at radius 3 is 2.26 bits per heavy atom. The Bertz CT molecular complexity index is 1210. The fourth-order valence-corrected chi connectivity index (χ4v) is 3.88. The van der Waals surface area contributed by atoms with Crippen molar-refractivity contribution in [1.29, 1.82) is 0 Å². The minimum absolute atomic E-state index is 0.0159. The standard InChI is InChI=1S/C28H36ClF5N4O5/c1-6-19(43-5)11-10-16(4)22(38-24(40)20(35)13-17-8-7-9-18(29)12-17)25(41)37-21(15(2)3)23(39)28(33,34)26(42)36-14-27(30,31)32/h6-12,15,20-23,39H,4,13-14,35H2,1-3,5H3,(H,36,42)(H,37,41)(H,38,40)/b11-10-,19-6+/t20-,21-,22-,23+/m0/s1. The van der Waals surface area contributed by atoms with E-state index in [1.165, 1.54) is 33.1 Å². The summed E-state index contributed by atoms with van der Waals surface area (Å²) < 4.78 is 71.8. The van der Waals surface area contributed by atoms with Gasteiger partial charge in [0, 0.05) is 5.02 Å². The van der Waals surface area contributed by atoms with Crippen LogP contribution >= 0.6 is 11.6 Å². The first-order valence-electron chi connectivity index (χ1n) is 12.9. The summed E-state index contributed by atoms with van der Waals surface area (Å²) in [5.74, 6) is -9.69. The van der Waals surface area contributed by atoms with E-state index in [-0.39, 0.29) is 12.0 Å². The molecule has 15 heteroatoms. The fourth-order valence-electron chi connectivity index (χ4n) is 3.67. The second-order valence-electron chi connectivity index (χ2n) is 9.83. The first-order chi connectivity index (χ1) is 19.8. The van der Waals surface area contributed by atoms with Gasteiger partial charge in [-0.2, -0.15) is 22.0 Å². The van der Waals surface area contributed by atoms with Crippen molar-refractivity contribution >= 4 is 29.3 Å². The lowest BCUT2D eigenvalue weighted by atomic mass is 9.93. The number of hydrogen-bond acceptors (Lipinski definition) is 6. The number of aliphatic hydroxyl groups excluding tert-OH is 1. The number of ether oxygens (including phenoxy) is 1. The van der Waals surface area contributed by atoms with E-state index in [9.17, 15) is 41.4 Å². The van der Waals surface area contributed by atoms with Crippen molar-refractivity contribution in [1.82, 2.24) is 16.0 Å². The van der Waals surface area contributed by atoms with E-state index in [4.69, 9.17) is 22.1 Å². The molecule has 240 valence electrons. The van der Waals surface area contributed by atoms with Crippen LogP contribution in [0.4, 0.5) is 22.0 Å². The molecule has 4 atom stereocenters. The van der Waals surface area contributed by atoms with Crippen molar-refractivity contribution in [3.05, 3.63) is 71.0 Å². The molecule has 0 saturated heterocycles. The first-order valence-corrected chi connectivity index (χ1v) is 13.3. The number of nitrogens with one attached hydrogen (secondary N) is 3. The average molecular weight is 639 g/mol. The number of nitrogens with two attached hydrogens (primary N) is 1. The zero-order valence-corrected chi connectivity index (χ0v) is 24.7. The summed E-state index contributed by atoms with van der Waals surface area (Å²) in [5, 5.41) is 16.4. The molecule has 0 aromatic heterocycles. The highest BCUT2D eigenvalue weighted by atomic mass is 35.5. The van der Waals surface area contributed by atoms with E-state index < -0.39 is 66.5 Å². The summed E-state index contributed by atoms with van der Waals surface area (Å²) in [7, 11) is 1.38. The van der Waals surface area contributed by atoms with Crippen molar-refractivity contribution in [3.8, 4) is 0 Å². The van der Waals surface area contributed by atoms with Gasteiger partial charge in [0.05, 0.1) is 19.2 Å². The lowest BCUT2D eigenvalue weighted by Gasteiger charge is -2.33. The van der Waals surface area contributed by atoms with Crippen LogP contribution in [0.1, 0.15) is 26.3 Å². The Morgan fingerprint density at radius 2 is 1.74 bits per heavy atom. The van der Waals surface area contributed by atoms with Gasteiger partial charge in [0.1, 0.15) is 24.4 Å². The summed E-state index contributed by atoms with van der Waals surface area (Å²) in [5.41, 5.74) is 6.59. The number of carbonyl (C=O) groups is 3. The number of halogens is 6. The number of alkyl halides is 5. The normalized spacial score (nSPS) is 15.4. The fraction of sp³-hybridized carbons (Fsp3) is 0.464. The highest BCUT2D eigenvalue weighted by Crippen LogP contribution is 2.26. The minimum atomic E-state index is -4.98. The van der Waals surface area contributed by atoms with Gasteiger partial charge in [-0.25, -0.2) is 0 Å². The molecule has 0 fully saturated rings. The van der Waals surface area contributed by atoms with E-state index >= 15 is 0 Å². The molecule has 0 bridgehead atoms. The third-order valence-electron chi connectivity index (χ3n) is 6.07. The second kappa shape index (κ2) is 16.4. The van der Waals surface area contributed by atoms with Crippen LogP contribution in [0, 0.1) is 5.92 Å². The zero-order valence-electron chi connectivity index (χ0n) is 24.0. The second-order valence-corrected chi connectivity index (χ2v) is 10.3. The van der Waals surface area contributed by atoms with Gasteiger partial charge in [0.2, 0.25) is 11.8 Å². The molecule has 0 heterocycles. The van der Waals surface area contributed by atoms with Gasteiger partial charge in [0.15, 0.2) is 0 Å². The van der Waals surface area contributed by atoms with E-state index in [1.54, 1.807) is 37.3 Å². The third kappa shape index (κ3) is 12.0. The monoisotopic (exact) mass is 638 g/mol. The molecule has 0 aliphatic rings. The van der Waals surface area contributed by atoms with Crippen LogP contribution in [0.3, 0.4) is 0 Å². The number of methoxy groups -OCH3 is 1. The molecule has 9 nitrogen and oxygen atoms in total. The van der Waals surface area contributed by atoms with E-state index in [0.29, 0.717) is 16.3 Å². The van der Waals surface area contributed by atoms with Crippen molar-refractivity contribution in [2.45, 2.75) is 63.5 Å². The smallest absolute Gasteiger partial charge is 0.405 e. The molecule has 0 saturated carbocycles. The molecular weight excluding hydrogens is 603 g/mol. The summed E-state index contributed by atoms with van der Waals surface area (Å²) >= 11 is 5.97. The number of amides is 3. The molecule has 6 N–H and O–H groups in total. The molecule has 3 amide bonds. The van der Waals surface area contributed by atoms with Gasteiger partial charge >= 0.3 is 12.1 Å². The molecule has 1 aromatic rings. The molecule has 0 spiro atoms. The largest absolute Gasteiger partial charge is 0.497 e. The maximum atomic E-state index is 14.7. The molecule has 1 aromatic carbocycles. The van der Waals surface area contributed by atoms with Gasteiger partial charge < -0.3 is 31.5 Å². The molecule has 0 aliphatic heterocycles.